The fraction of sp³-hybridized carbons (Fsp3) is 0.500. The van der Waals surface area contributed by atoms with Crippen LogP contribution in [0.25, 0.3) is 0 Å². The van der Waals surface area contributed by atoms with Crippen LogP contribution in [0, 0.1) is 5.92 Å². The second kappa shape index (κ2) is 3.15. The van der Waals surface area contributed by atoms with Crippen molar-refractivity contribution in [2.45, 2.75) is 32.3 Å². The van der Waals surface area contributed by atoms with E-state index in [1.807, 2.05) is 12.1 Å². The topological polar surface area (TPSA) is 20.2 Å². The molecule has 0 aromatic heterocycles. The normalized spacial score (nSPS) is 26.5. The average molecular weight is 176 g/mol. The molecule has 0 spiro atoms. The van der Waals surface area contributed by atoms with Crippen LogP contribution in [0.15, 0.2) is 24.3 Å². The number of hydrogen-bond acceptors (Lipinski definition) is 1. The fourth-order valence-electron chi connectivity index (χ4n) is 2.28. The highest BCUT2D eigenvalue weighted by Gasteiger charge is 2.30. The van der Waals surface area contributed by atoms with Gasteiger partial charge in [0.15, 0.2) is 0 Å². The lowest BCUT2D eigenvalue weighted by molar-refractivity contribution is 0.167. The van der Waals surface area contributed by atoms with Crippen molar-refractivity contribution < 1.29 is 5.11 Å². The largest absolute Gasteiger partial charge is 0.388 e. The summed E-state index contributed by atoms with van der Waals surface area (Å²) >= 11 is 0. The zero-order chi connectivity index (χ0) is 9.42. The van der Waals surface area contributed by atoms with Crippen LogP contribution in [-0.4, -0.2) is 5.11 Å². The van der Waals surface area contributed by atoms with E-state index in [2.05, 4.69) is 26.0 Å². The van der Waals surface area contributed by atoms with Gasteiger partial charge in [-0.15, -0.1) is 0 Å². The highest BCUT2D eigenvalue weighted by molar-refractivity contribution is 5.37. The second-order valence-electron chi connectivity index (χ2n) is 4.23. The van der Waals surface area contributed by atoms with Gasteiger partial charge in [-0.3, -0.25) is 0 Å². The third-order valence-electron chi connectivity index (χ3n) is 3.04. The number of hydrogen-bond donors (Lipinski definition) is 1. The number of benzene rings is 1. The standard InChI is InChI=1S/C12H16O/c1-8(2)11-7-12(13)10-6-4-3-5-9(10)11/h3-6,8,11-13H,7H2,1-2H3/t11?,12-/m1/s1. The van der Waals surface area contributed by atoms with Gasteiger partial charge in [0.05, 0.1) is 6.10 Å². The summed E-state index contributed by atoms with van der Waals surface area (Å²) in [6.45, 7) is 4.44. The molecule has 0 bridgehead atoms. The van der Waals surface area contributed by atoms with E-state index in [1.54, 1.807) is 0 Å². The van der Waals surface area contributed by atoms with Crippen molar-refractivity contribution in [2.24, 2.45) is 5.92 Å². The summed E-state index contributed by atoms with van der Waals surface area (Å²) in [6, 6.07) is 8.26. The monoisotopic (exact) mass is 176 g/mol. The average Bonchev–Trinajstić information content (AvgIpc) is 2.45. The summed E-state index contributed by atoms with van der Waals surface area (Å²) in [7, 11) is 0. The van der Waals surface area contributed by atoms with Crippen LogP contribution < -0.4 is 0 Å². The van der Waals surface area contributed by atoms with Crippen LogP contribution in [-0.2, 0) is 0 Å². The predicted octanol–water partition coefficient (Wildman–Crippen LogP) is 2.86. The maximum atomic E-state index is 9.80. The molecule has 2 atom stereocenters. The van der Waals surface area contributed by atoms with E-state index < -0.39 is 0 Å². The molecule has 0 saturated carbocycles. The molecule has 0 aliphatic heterocycles. The molecule has 2 rings (SSSR count). The Kier molecular flexibility index (Phi) is 2.12. The molecule has 1 aromatic rings. The minimum Gasteiger partial charge on any atom is -0.388 e. The minimum absolute atomic E-state index is 0.233. The molecular weight excluding hydrogens is 160 g/mol. The van der Waals surface area contributed by atoms with Crippen molar-refractivity contribution >= 4 is 0 Å². The number of aliphatic hydroxyl groups is 1. The Hall–Kier alpha value is -0.820. The maximum Gasteiger partial charge on any atom is 0.0798 e. The first-order chi connectivity index (χ1) is 6.20. The second-order valence-corrected chi connectivity index (χ2v) is 4.23. The lowest BCUT2D eigenvalue weighted by atomic mass is 9.90. The van der Waals surface area contributed by atoms with Crippen LogP contribution in [0.3, 0.4) is 0 Å². The van der Waals surface area contributed by atoms with Gasteiger partial charge in [0.25, 0.3) is 0 Å². The highest BCUT2D eigenvalue weighted by atomic mass is 16.3. The van der Waals surface area contributed by atoms with Gasteiger partial charge in [-0.2, -0.15) is 0 Å². The van der Waals surface area contributed by atoms with Gasteiger partial charge in [0.1, 0.15) is 0 Å². The van der Waals surface area contributed by atoms with Gasteiger partial charge in [-0.1, -0.05) is 38.1 Å². The van der Waals surface area contributed by atoms with E-state index in [1.165, 1.54) is 5.56 Å². The molecule has 0 saturated heterocycles. The Bertz CT molecular complexity index is 304. The maximum absolute atomic E-state index is 9.80. The van der Waals surface area contributed by atoms with E-state index in [4.69, 9.17) is 0 Å². The lowest BCUT2D eigenvalue weighted by Gasteiger charge is -2.14. The molecule has 0 heterocycles. The third-order valence-corrected chi connectivity index (χ3v) is 3.04. The minimum atomic E-state index is -0.233. The fourth-order valence-corrected chi connectivity index (χ4v) is 2.28. The van der Waals surface area contributed by atoms with E-state index in [0.29, 0.717) is 11.8 Å². The quantitative estimate of drug-likeness (QED) is 0.697. The summed E-state index contributed by atoms with van der Waals surface area (Å²) in [6.07, 6.45) is 0.667. The first-order valence-corrected chi connectivity index (χ1v) is 4.97. The van der Waals surface area contributed by atoms with Crippen molar-refractivity contribution in [3.8, 4) is 0 Å². The number of fused-ring (bicyclic) bond motifs is 1. The van der Waals surface area contributed by atoms with Crippen molar-refractivity contribution in [2.75, 3.05) is 0 Å². The van der Waals surface area contributed by atoms with Crippen LogP contribution >= 0.6 is 0 Å². The molecular formula is C12H16O. The van der Waals surface area contributed by atoms with Crippen LogP contribution in [0.4, 0.5) is 0 Å². The third kappa shape index (κ3) is 1.37. The molecule has 1 unspecified atom stereocenters. The van der Waals surface area contributed by atoms with Gasteiger partial charge < -0.3 is 5.11 Å². The molecule has 13 heavy (non-hydrogen) atoms. The van der Waals surface area contributed by atoms with Gasteiger partial charge in [-0.05, 0) is 29.4 Å². The highest BCUT2D eigenvalue weighted by Crippen LogP contribution is 2.43. The zero-order valence-corrected chi connectivity index (χ0v) is 8.20. The molecule has 70 valence electrons. The van der Waals surface area contributed by atoms with E-state index in [-0.39, 0.29) is 6.10 Å². The summed E-state index contributed by atoms with van der Waals surface area (Å²) in [5, 5.41) is 9.80. The lowest BCUT2D eigenvalue weighted by Crippen LogP contribution is -2.02. The van der Waals surface area contributed by atoms with Crippen LogP contribution in [0.5, 0.6) is 0 Å². The molecule has 1 nitrogen and oxygen atoms in total. The number of aliphatic hydroxyl groups excluding tert-OH is 1. The Morgan fingerprint density at radius 2 is 1.85 bits per heavy atom. The Morgan fingerprint density at radius 1 is 1.23 bits per heavy atom. The first-order valence-electron chi connectivity index (χ1n) is 4.97. The Labute approximate surface area is 79.4 Å². The summed E-state index contributed by atoms with van der Waals surface area (Å²) in [5.74, 6) is 1.17. The molecule has 0 radical (unpaired) electrons. The van der Waals surface area contributed by atoms with Crippen LogP contribution in [0.1, 0.15) is 43.4 Å². The van der Waals surface area contributed by atoms with Gasteiger partial charge in [0.2, 0.25) is 0 Å². The first kappa shape index (κ1) is 8.76. The summed E-state index contributed by atoms with van der Waals surface area (Å²) in [4.78, 5) is 0. The number of rotatable bonds is 1. The van der Waals surface area contributed by atoms with Crippen molar-refractivity contribution in [1.29, 1.82) is 0 Å². The smallest absolute Gasteiger partial charge is 0.0798 e. The molecule has 1 aliphatic carbocycles. The zero-order valence-electron chi connectivity index (χ0n) is 8.20. The van der Waals surface area contributed by atoms with Crippen molar-refractivity contribution in [3.63, 3.8) is 0 Å². The molecule has 1 aromatic carbocycles. The van der Waals surface area contributed by atoms with Gasteiger partial charge in [0, 0.05) is 0 Å². The van der Waals surface area contributed by atoms with Crippen molar-refractivity contribution in [1.82, 2.24) is 0 Å². The Balaban J connectivity index is 2.41. The van der Waals surface area contributed by atoms with E-state index in [0.717, 1.165) is 12.0 Å². The molecule has 0 fully saturated rings. The molecule has 0 amide bonds. The van der Waals surface area contributed by atoms with Gasteiger partial charge >= 0.3 is 0 Å². The van der Waals surface area contributed by atoms with E-state index in [9.17, 15) is 5.11 Å². The summed E-state index contributed by atoms with van der Waals surface area (Å²) < 4.78 is 0. The van der Waals surface area contributed by atoms with Gasteiger partial charge in [-0.25, -0.2) is 0 Å². The van der Waals surface area contributed by atoms with E-state index >= 15 is 0 Å². The Morgan fingerprint density at radius 3 is 2.46 bits per heavy atom. The molecule has 1 heteroatoms. The predicted molar refractivity (Wildman–Crippen MR) is 53.6 cm³/mol. The van der Waals surface area contributed by atoms with Crippen molar-refractivity contribution in [3.05, 3.63) is 35.4 Å². The van der Waals surface area contributed by atoms with Crippen LogP contribution in [0.2, 0.25) is 0 Å². The SMILES string of the molecule is CC(C)C1C[C@@H](O)c2ccccc21. The molecule has 1 N–H and O–H groups in total. The summed E-state index contributed by atoms with van der Waals surface area (Å²) in [5.41, 5.74) is 2.49. The molecule has 1 aliphatic rings.